The second kappa shape index (κ2) is 17.8. The molecule has 0 heterocycles. The van der Waals surface area contributed by atoms with E-state index in [4.69, 9.17) is 53.6 Å². The molecule has 4 atom stereocenters. The maximum absolute atomic E-state index is 13.0. The van der Waals surface area contributed by atoms with Crippen LogP contribution in [0.3, 0.4) is 0 Å². The normalized spacial score (nSPS) is 14.1. The summed E-state index contributed by atoms with van der Waals surface area (Å²) < 4.78 is 100. The smallest absolute Gasteiger partial charge is 0.419 e. The first kappa shape index (κ1) is 40.3. The molecule has 0 aromatic heterocycles. The van der Waals surface area contributed by atoms with Crippen molar-refractivity contribution < 1.29 is 54.9 Å². The molecule has 0 amide bonds. The number of alkyl halides is 6. The minimum Gasteiger partial charge on any atom is -0.490 e. The van der Waals surface area contributed by atoms with Gasteiger partial charge in [-0.1, -0.05) is 47.5 Å². The highest BCUT2D eigenvalue weighted by Crippen LogP contribution is 2.32. The van der Waals surface area contributed by atoms with Gasteiger partial charge in [0, 0.05) is 35.7 Å². The van der Waals surface area contributed by atoms with Crippen molar-refractivity contribution in [3.05, 3.63) is 129 Å². The molecule has 0 aliphatic heterocycles. The lowest BCUT2D eigenvalue weighted by atomic mass is 10.0. The molecular weight excluding hydrogens is 741 g/mol. The van der Waals surface area contributed by atoms with Crippen LogP contribution in [-0.4, -0.2) is 36.6 Å². The molecule has 4 aromatic rings. The highest BCUT2D eigenvalue weighted by molar-refractivity contribution is 6.31. The van der Waals surface area contributed by atoms with Gasteiger partial charge in [-0.25, -0.2) is 9.59 Å². The molecule has 0 saturated carbocycles. The van der Waals surface area contributed by atoms with E-state index in [1.807, 2.05) is 0 Å². The molecule has 52 heavy (non-hydrogen) atoms. The molecule has 278 valence electrons. The first-order valence-corrected chi connectivity index (χ1v) is 16.3. The summed E-state index contributed by atoms with van der Waals surface area (Å²) in [6.07, 6.45) is -13.7. The van der Waals surface area contributed by atoms with Crippen molar-refractivity contribution in [2.24, 2.45) is 11.5 Å². The average Bonchev–Trinajstić information content (AvgIpc) is 3.06. The summed E-state index contributed by atoms with van der Waals surface area (Å²) in [7, 11) is 0. The Kier molecular flexibility index (Phi) is 13.8. The maximum Gasteiger partial charge on any atom is 0.419 e. The Morgan fingerprint density at radius 2 is 0.846 bits per heavy atom. The summed E-state index contributed by atoms with van der Waals surface area (Å²) >= 11 is 11.9. The highest BCUT2D eigenvalue weighted by Gasteiger charge is 2.32. The minimum absolute atomic E-state index is 0.0857. The topological polar surface area (TPSA) is 123 Å². The number of hydrogen-bond donors (Lipinski definition) is 2. The number of halogens is 8. The lowest BCUT2D eigenvalue weighted by Gasteiger charge is -2.24. The molecule has 0 fully saturated rings. The molecule has 0 aliphatic carbocycles. The SMILES string of the molecule is NC(CC(Cc1ccc(Cl)cc1)Oc1ccc(C(F)(F)F)cc1)OC(=O)C(=O)OC(N)CC(Cc1ccc(Cl)cc1)Oc1ccc(C(F)(F)F)cc1. The van der Waals surface area contributed by atoms with Gasteiger partial charge in [-0.3, -0.25) is 11.5 Å². The molecule has 4 N–H and O–H groups in total. The van der Waals surface area contributed by atoms with E-state index in [9.17, 15) is 35.9 Å². The third kappa shape index (κ3) is 12.9. The zero-order valence-corrected chi connectivity index (χ0v) is 28.5. The van der Waals surface area contributed by atoms with Crippen LogP contribution >= 0.6 is 23.2 Å². The van der Waals surface area contributed by atoms with Crippen LogP contribution in [0.2, 0.25) is 10.0 Å². The number of carbonyl (C=O) groups is 2. The van der Waals surface area contributed by atoms with Crippen LogP contribution in [-0.2, 0) is 44.3 Å². The number of benzene rings is 4. The van der Waals surface area contributed by atoms with Crippen molar-refractivity contribution in [1.29, 1.82) is 0 Å². The van der Waals surface area contributed by atoms with E-state index in [1.165, 1.54) is 0 Å². The standard InChI is InChI=1S/C36H32Cl2F6N2O6/c37-25-9-1-21(2-10-25)17-29(49-27-13-5-23(6-14-27)35(39,40)41)19-31(45)51-33(47)34(48)52-32(46)20-30(18-22-3-11-26(38)12-4-22)50-28-15-7-24(8-16-28)36(42,43)44/h1-16,29-32H,17-20,45-46H2. The maximum atomic E-state index is 13.0. The Labute approximate surface area is 304 Å². The molecule has 0 bridgehead atoms. The van der Waals surface area contributed by atoms with E-state index in [2.05, 4.69) is 0 Å². The van der Waals surface area contributed by atoms with E-state index in [-0.39, 0.29) is 37.2 Å². The molecule has 0 aliphatic rings. The summed E-state index contributed by atoms with van der Waals surface area (Å²) in [5.41, 5.74) is 11.7. The largest absolute Gasteiger partial charge is 0.490 e. The van der Waals surface area contributed by atoms with E-state index >= 15 is 0 Å². The van der Waals surface area contributed by atoms with E-state index in [1.54, 1.807) is 48.5 Å². The molecule has 0 radical (unpaired) electrons. The molecule has 4 unspecified atom stereocenters. The number of carbonyl (C=O) groups excluding carboxylic acids is 2. The van der Waals surface area contributed by atoms with Crippen molar-refractivity contribution in [2.45, 2.75) is 62.7 Å². The Morgan fingerprint density at radius 1 is 0.538 bits per heavy atom. The van der Waals surface area contributed by atoms with Gasteiger partial charge in [0.1, 0.15) is 23.7 Å². The molecule has 16 heteroatoms. The average molecular weight is 774 g/mol. The molecular formula is C36H32Cl2F6N2O6. The number of rotatable bonds is 14. The summed E-state index contributed by atoms with van der Waals surface area (Å²) in [5.74, 6) is -2.80. The zero-order chi connectivity index (χ0) is 38.1. The Hall–Kier alpha value is -4.50. The first-order valence-electron chi connectivity index (χ1n) is 15.5. The summed E-state index contributed by atoms with van der Waals surface area (Å²) in [6, 6.07) is 21.2. The van der Waals surface area contributed by atoms with Crippen molar-refractivity contribution in [3.63, 3.8) is 0 Å². The molecule has 4 rings (SSSR count). The number of nitrogens with two attached hydrogens (primary N) is 2. The van der Waals surface area contributed by atoms with Gasteiger partial charge in [0.05, 0.1) is 11.1 Å². The van der Waals surface area contributed by atoms with Gasteiger partial charge in [0.15, 0.2) is 12.5 Å². The van der Waals surface area contributed by atoms with E-state index < -0.39 is 60.1 Å². The third-order valence-electron chi connectivity index (χ3n) is 7.40. The second-order valence-corrected chi connectivity index (χ2v) is 12.4. The van der Waals surface area contributed by atoms with Crippen LogP contribution in [0.15, 0.2) is 97.1 Å². The van der Waals surface area contributed by atoms with Gasteiger partial charge in [-0.2, -0.15) is 26.3 Å². The summed E-state index contributed by atoms with van der Waals surface area (Å²) in [4.78, 5) is 25.3. The van der Waals surface area contributed by atoms with Crippen LogP contribution < -0.4 is 20.9 Å². The Morgan fingerprint density at radius 3 is 1.13 bits per heavy atom. The van der Waals surface area contributed by atoms with Gasteiger partial charge >= 0.3 is 24.3 Å². The van der Waals surface area contributed by atoms with Crippen LogP contribution in [0.1, 0.15) is 35.1 Å². The minimum atomic E-state index is -4.55. The monoisotopic (exact) mass is 772 g/mol. The predicted octanol–water partition coefficient (Wildman–Crippen LogP) is 8.15. The lowest BCUT2D eigenvalue weighted by Crippen LogP contribution is -2.40. The number of esters is 2. The first-order chi connectivity index (χ1) is 24.4. The van der Waals surface area contributed by atoms with Crippen LogP contribution in [0.4, 0.5) is 26.3 Å². The fourth-order valence-corrected chi connectivity index (χ4v) is 5.18. The molecule has 0 saturated heterocycles. The van der Waals surface area contributed by atoms with Gasteiger partial charge in [-0.05, 0) is 83.9 Å². The molecule has 0 spiro atoms. The van der Waals surface area contributed by atoms with Crippen molar-refractivity contribution in [1.82, 2.24) is 0 Å². The fourth-order valence-electron chi connectivity index (χ4n) is 4.93. The van der Waals surface area contributed by atoms with Crippen molar-refractivity contribution in [2.75, 3.05) is 0 Å². The van der Waals surface area contributed by atoms with E-state index in [0.717, 1.165) is 59.7 Å². The summed E-state index contributed by atoms with van der Waals surface area (Å²) in [5, 5.41) is 0.933. The molecule has 8 nitrogen and oxygen atoms in total. The van der Waals surface area contributed by atoms with Gasteiger partial charge in [0.2, 0.25) is 0 Å². The zero-order valence-electron chi connectivity index (χ0n) is 27.0. The highest BCUT2D eigenvalue weighted by atomic mass is 35.5. The van der Waals surface area contributed by atoms with Gasteiger partial charge in [0.25, 0.3) is 0 Å². The fraction of sp³-hybridized carbons (Fsp3) is 0.278. The van der Waals surface area contributed by atoms with Crippen LogP contribution in [0, 0.1) is 0 Å². The van der Waals surface area contributed by atoms with Crippen LogP contribution in [0.25, 0.3) is 0 Å². The Bertz CT molecular complexity index is 1630. The van der Waals surface area contributed by atoms with Gasteiger partial charge in [-0.15, -0.1) is 0 Å². The molecule has 4 aromatic carbocycles. The van der Waals surface area contributed by atoms with Gasteiger partial charge < -0.3 is 18.9 Å². The van der Waals surface area contributed by atoms with Crippen molar-refractivity contribution in [3.8, 4) is 11.5 Å². The quantitative estimate of drug-likeness (QED) is 0.0570. The third-order valence-corrected chi connectivity index (χ3v) is 7.90. The summed E-state index contributed by atoms with van der Waals surface area (Å²) in [6.45, 7) is 0. The lowest BCUT2D eigenvalue weighted by molar-refractivity contribution is -0.175. The number of hydrogen-bond acceptors (Lipinski definition) is 8. The van der Waals surface area contributed by atoms with Crippen molar-refractivity contribution >= 4 is 35.1 Å². The van der Waals surface area contributed by atoms with E-state index in [0.29, 0.717) is 10.0 Å². The second-order valence-electron chi connectivity index (χ2n) is 11.5. The Balaban J connectivity index is 1.38. The number of ether oxygens (including phenoxy) is 4. The predicted molar refractivity (Wildman–Crippen MR) is 179 cm³/mol. The van der Waals surface area contributed by atoms with Crippen LogP contribution in [0.5, 0.6) is 11.5 Å².